The van der Waals surface area contributed by atoms with Crippen molar-refractivity contribution in [3.63, 3.8) is 0 Å². The summed E-state index contributed by atoms with van der Waals surface area (Å²) in [6.07, 6.45) is 2.04. The van der Waals surface area contributed by atoms with E-state index in [1.54, 1.807) is 7.11 Å². The van der Waals surface area contributed by atoms with Crippen molar-refractivity contribution in [2.45, 2.75) is 65.0 Å². The van der Waals surface area contributed by atoms with Gasteiger partial charge in [-0.15, -0.1) is 0 Å². The van der Waals surface area contributed by atoms with Crippen LogP contribution in [-0.2, 0) is 15.1 Å². The van der Waals surface area contributed by atoms with E-state index in [4.69, 9.17) is 14.5 Å². The van der Waals surface area contributed by atoms with Gasteiger partial charge < -0.3 is 19.9 Å². The van der Waals surface area contributed by atoms with Crippen LogP contribution in [0.4, 0.5) is 5.82 Å². The molecule has 0 unspecified atom stereocenters. The summed E-state index contributed by atoms with van der Waals surface area (Å²) in [7, 11) is 1.60. The van der Waals surface area contributed by atoms with Gasteiger partial charge in [0.05, 0.1) is 30.8 Å². The number of carbonyl (C=O) groups is 1. The molecule has 7 heteroatoms. The summed E-state index contributed by atoms with van der Waals surface area (Å²) in [6.45, 7) is 8.23. The number of hydrogen-bond acceptors (Lipinski definition) is 7. The van der Waals surface area contributed by atoms with Crippen LogP contribution in [0.3, 0.4) is 0 Å². The van der Waals surface area contributed by atoms with E-state index in [1.165, 1.54) is 11.1 Å². The molecule has 1 saturated carbocycles. The molecule has 4 rings (SSSR count). The number of hydrogen-bond donors (Lipinski definition) is 2. The number of esters is 1. The summed E-state index contributed by atoms with van der Waals surface area (Å²) in [5.41, 5.74) is 2.72. The molecule has 1 aliphatic carbocycles. The molecular formula is C28H35N3O4. The second kappa shape index (κ2) is 10.2. The van der Waals surface area contributed by atoms with E-state index >= 15 is 0 Å². The van der Waals surface area contributed by atoms with Gasteiger partial charge in [-0.05, 0) is 65.0 Å². The number of aromatic nitrogens is 2. The van der Waals surface area contributed by atoms with E-state index in [0.717, 1.165) is 10.9 Å². The molecule has 2 N–H and O–H groups in total. The third-order valence-electron chi connectivity index (χ3n) is 6.96. The average molecular weight is 478 g/mol. The van der Waals surface area contributed by atoms with Crippen molar-refractivity contribution in [2.75, 3.05) is 19.0 Å². The van der Waals surface area contributed by atoms with Gasteiger partial charge >= 0.3 is 5.97 Å². The van der Waals surface area contributed by atoms with Gasteiger partial charge in [0.25, 0.3) is 0 Å². The second-order valence-electron chi connectivity index (χ2n) is 9.53. The van der Waals surface area contributed by atoms with Gasteiger partial charge in [0.2, 0.25) is 0 Å². The maximum absolute atomic E-state index is 12.2. The normalized spacial score (nSPS) is 20.9. The zero-order chi connectivity index (χ0) is 25.2. The molecular weight excluding hydrogens is 442 g/mol. The average Bonchev–Trinajstić information content (AvgIpc) is 2.83. The van der Waals surface area contributed by atoms with Crippen molar-refractivity contribution in [3.05, 3.63) is 58.9 Å². The van der Waals surface area contributed by atoms with Crippen molar-refractivity contribution >= 4 is 22.7 Å². The number of benzene rings is 2. The first-order valence-electron chi connectivity index (χ1n) is 12.3. The Kier molecular flexibility index (Phi) is 7.26. The monoisotopic (exact) mass is 477 g/mol. The Morgan fingerprint density at radius 3 is 2.60 bits per heavy atom. The highest BCUT2D eigenvalue weighted by Gasteiger charge is 2.39. The van der Waals surface area contributed by atoms with E-state index in [-0.39, 0.29) is 17.9 Å². The van der Waals surface area contributed by atoms with Crippen molar-refractivity contribution < 1.29 is 19.4 Å². The molecule has 3 aromatic rings. The fraction of sp³-hybridized carbons (Fsp3) is 0.464. The van der Waals surface area contributed by atoms with E-state index in [1.807, 2.05) is 26.0 Å². The summed E-state index contributed by atoms with van der Waals surface area (Å²) in [6, 6.07) is 12.2. The van der Waals surface area contributed by atoms with Crippen molar-refractivity contribution in [1.82, 2.24) is 9.97 Å². The number of anilines is 1. The number of rotatable bonds is 7. The minimum absolute atomic E-state index is 0.0288. The Morgan fingerprint density at radius 1 is 1.20 bits per heavy atom. The Bertz CT molecular complexity index is 1220. The van der Waals surface area contributed by atoms with Gasteiger partial charge in [0, 0.05) is 23.1 Å². The van der Waals surface area contributed by atoms with Crippen molar-refractivity contribution in [1.29, 1.82) is 0 Å². The first kappa shape index (κ1) is 24.9. The molecule has 0 radical (unpaired) electrons. The van der Waals surface area contributed by atoms with Crippen LogP contribution < -0.4 is 10.1 Å². The smallest absolute Gasteiger partial charge is 0.308 e. The lowest BCUT2D eigenvalue weighted by Gasteiger charge is -2.36. The number of fused-ring (bicyclic) bond motifs is 1. The molecule has 0 amide bonds. The van der Waals surface area contributed by atoms with E-state index in [9.17, 15) is 9.90 Å². The summed E-state index contributed by atoms with van der Waals surface area (Å²) < 4.78 is 10.9. The quantitative estimate of drug-likeness (QED) is 0.442. The zero-order valence-electron chi connectivity index (χ0n) is 21.2. The van der Waals surface area contributed by atoms with Crippen LogP contribution >= 0.6 is 0 Å². The summed E-state index contributed by atoms with van der Waals surface area (Å²) in [5.74, 6) is 1.60. The number of aryl methyl sites for hydroxylation is 2. The first-order chi connectivity index (χ1) is 16.7. The molecule has 1 fully saturated rings. The van der Waals surface area contributed by atoms with E-state index in [0.29, 0.717) is 55.2 Å². The lowest BCUT2D eigenvalue weighted by Crippen LogP contribution is -2.34. The molecule has 7 nitrogen and oxygen atoms in total. The van der Waals surface area contributed by atoms with Gasteiger partial charge in [-0.2, -0.15) is 0 Å². The number of ether oxygens (including phenoxy) is 2. The highest BCUT2D eigenvalue weighted by atomic mass is 16.5. The third-order valence-corrected chi connectivity index (χ3v) is 6.96. The molecule has 0 bridgehead atoms. The van der Waals surface area contributed by atoms with Crippen LogP contribution in [0.15, 0.2) is 36.4 Å². The zero-order valence-corrected chi connectivity index (χ0v) is 21.2. The van der Waals surface area contributed by atoms with Crippen LogP contribution in [-0.4, -0.2) is 34.8 Å². The summed E-state index contributed by atoms with van der Waals surface area (Å²) in [5, 5.41) is 16.1. The maximum atomic E-state index is 12.2. The van der Waals surface area contributed by atoms with E-state index < -0.39 is 5.60 Å². The van der Waals surface area contributed by atoms with Gasteiger partial charge in [-0.1, -0.05) is 29.8 Å². The SMILES string of the molecule is CCOC(=O)C1CCC(O)(c2cc3c(N[C@H](C)c4cccc(C)c4)nc(C)nc3cc2OC)CC1. The van der Waals surface area contributed by atoms with Crippen LogP contribution in [0.25, 0.3) is 10.9 Å². The third kappa shape index (κ3) is 5.25. The van der Waals surface area contributed by atoms with Crippen LogP contribution in [0, 0.1) is 19.8 Å². The largest absolute Gasteiger partial charge is 0.496 e. The predicted octanol–water partition coefficient (Wildman–Crippen LogP) is 5.37. The Hall–Kier alpha value is -3.19. The summed E-state index contributed by atoms with van der Waals surface area (Å²) in [4.78, 5) is 21.5. The summed E-state index contributed by atoms with van der Waals surface area (Å²) >= 11 is 0. The maximum Gasteiger partial charge on any atom is 0.308 e. The van der Waals surface area contributed by atoms with Gasteiger partial charge in [-0.25, -0.2) is 9.97 Å². The fourth-order valence-corrected chi connectivity index (χ4v) is 5.00. The minimum atomic E-state index is -1.10. The molecule has 0 spiro atoms. The van der Waals surface area contributed by atoms with E-state index in [2.05, 4.69) is 48.4 Å². The molecule has 0 saturated heterocycles. The minimum Gasteiger partial charge on any atom is -0.496 e. The Labute approximate surface area is 206 Å². The lowest BCUT2D eigenvalue weighted by molar-refractivity contribution is -0.151. The van der Waals surface area contributed by atoms with Gasteiger partial charge in [0.15, 0.2) is 0 Å². The second-order valence-corrected chi connectivity index (χ2v) is 9.53. The molecule has 1 aromatic heterocycles. The Morgan fingerprint density at radius 2 is 1.94 bits per heavy atom. The number of nitrogens with zero attached hydrogens (tertiary/aromatic N) is 2. The number of methoxy groups -OCH3 is 1. The van der Waals surface area contributed by atoms with Gasteiger partial charge in [-0.3, -0.25) is 4.79 Å². The highest BCUT2D eigenvalue weighted by molar-refractivity contribution is 5.91. The number of nitrogens with one attached hydrogen (secondary N) is 1. The fourth-order valence-electron chi connectivity index (χ4n) is 5.00. The number of carbonyl (C=O) groups excluding carboxylic acids is 1. The lowest BCUT2D eigenvalue weighted by atomic mass is 9.74. The van der Waals surface area contributed by atoms with Crippen LogP contribution in [0.2, 0.25) is 0 Å². The van der Waals surface area contributed by atoms with Gasteiger partial charge in [0.1, 0.15) is 17.4 Å². The predicted molar refractivity (Wildman–Crippen MR) is 137 cm³/mol. The Balaban J connectivity index is 1.70. The van der Waals surface area contributed by atoms with Crippen LogP contribution in [0.1, 0.15) is 68.1 Å². The molecule has 35 heavy (non-hydrogen) atoms. The first-order valence-corrected chi connectivity index (χ1v) is 12.3. The standard InChI is InChI=1S/C28H35N3O4/c1-6-35-27(32)20-10-12-28(33,13-11-20)23-15-22-24(16-25(23)34-5)30-19(4)31-26(22)29-18(3)21-9-7-8-17(2)14-21/h7-9,14-16,18,20,33H,6,10-13H2,1-5H3,(H,29,30,31)/t18-,20?,28?/m1/s1. The van der Waals surface area contributed by atoms with Crippen molar-refractivity contribution in [2.24, 2.45) is 5.92 Å². The highest BCUT2D eigenvalue weighted by Crippen LogP contribution is 2.45. The molecule has 0 aliphatic heterocycles. The molecule has 2 aromatic carbocycles. The topological polar surface area (TPSA) is 93.6 Å². The molecule has 1 heterocycles. The van der Waals surface area contributed by atoms with Crippen molar-refractivity contribution in [3.8, 4) is 5.75 Å². The molecule has 186 valence electrons. The molecule has 1 atom stereocenters. The molecule has 1 aliphatic rings. The number of aliphatic hydroxyl groups is 1. The van der Waals surface area contributed by atoms with Crippen LogP contribution in [0.5, 0.6) is 5.75 Å².